The van der Waals surface area contributed by atoms with E-state index in [1.807, 2.05) is 31.2 Å². The maximum absolute atomic E-state index is 12.3. The highest BCUT2D eigenvalue weighted by molar-refractivity contribution is 6.04. The summed E-state index contributed by atoms with van der Waals surface area (Å²) in [6.07, 6.45) is 0.346. The number of carbonyl (C=O) groups is 1. The fraction of sp³-hybridized carbons (Fsp3) is 0.500. The van der Waals surface area contributed by atoms with E-state index in [1.54, 1.807) is 19.1 Å². The van der Waals surface area contributed by atoms with Crippen LogP contribution in [0.15, 0.2) is 24.3 Å². The van der Waals surface area contributed by atoms with Gasteiger partial charge in [-0.25, -0.2) is 0 Å². The molecule has 1 heterocycles. The second kappa shape index (κ2) is 3.33. The number of amides is 1. The third-order valence-electron chi connectivity index (χ3n) is 4.46. The molecule has 0 aromatic heterocycles. The minimum Gasteiger partial charge on any atom is -0.379 e. The standard InChI is InChI=1S/C14H17NO3/c1-13(18-3)8-14(17)11(13)9-6-4-5-7-10(9)15(2)12(14)16/h4-7,11,17H,8H2,1-3H3/t11-,13-,14-/m1/s1. The number of carbonyl (C=O) groups excluding carboxylic acids is 1. The molecule has 96 valence electrons. The Labute approximate surface area is 106 Å². The van der Waals surface area contributed by atoms with Gasteiger partial charge in [-0.2, -0.15) is 0 Å². The largest absolute Gasteiger partial charge is 0.379 e. The van der Waals surface area contributed by atoms with Crippen molar-refractivity contribution in [1.82, 2.24) is 0 Å². The van der Waals surface area contributed by atoms with Crippen LogP contribution in [0.5, 0.6) is 0 Å². The van der Waals surface area contributed by atoms with Gasteiger partial charge in [-0.15, -0.1) is 0 Å². The number of anilines is 1. The van der Waals surface area contributed by atoms with Gasteiger partial charge in [-0.3, -0.25) is 4.79 Å². The van der Waals surface area contributed by atoms with Gasteiger partial charge in [0, 0.05) is 26.3 Å². The number of para-hydroxylation sites is 1. The van der Waals surface area contributed by atoms with Gasteiger partial charge < -0.3 is 14.7 Å². The molecule has 1 aliphatic carbocycles. The zero-order valence-electron chi connectivity index (χ0n) is 10.8. The number of methoxy groups -OCH3 is 1. The molecule has 1 aromatic carbocycles. The van der Waals surface area contributed by atoms with Gasteiger partial charge in [-0.05, 0) is 18.6 Å². The lowest BCUT2D eigenvalue weighted by Gasteiger charge is -2.60. The first kappa shape index (κ1) is 11.7. The number of benzene rings is 1. The van der Waals surface area contributed by atoms with Gasteiger partial charge in [0.05, 0.1) is 11.5 Å². The topological polar surface area (TPSA) is 49.8 Å². The number of fused-ring (bicyclic) bond motifs is 3. The Morgan fingerprint density at radius 2 is 2.11 bits per heavy atom. The van der Waals surface area contributed by atoms with Crippen LogP contribution in [0.3, 0.4) is 0 Å². The zero-order chi connectivity index (χ0) is 13.1. The quantitative estimate of drug-likeness (QED) is 0.813. The van der Waals surface area contributed by atoms with Crippen LogP contribution >= 0.6 is 0 Å². The first-order chi connectivity index (χ1) is 8.44. The molecular weight excluding hydrogens is 230 g/mol. The van der Waals surface area contributed by atoms with Crippen molar-refractivity contribution in [3.05, 3.63) is 29.8 Å². The molecule has 0 spiro atoms. The normalized spacial score (nSPS) is 37.9. The van der Waals surface area contributed by atoms with Crippen LogP contribution in [0, 0.1) is 0 Å². The van der Waals surface area contributed by atoms with E-state index in [9.17, 15) is 9.90 Å². The van der Waals surface area contributed by atoms with Gasteiger partial charge in [0.2, 0.25) is 0 Å². The van der Waals surface area contributed by atoms with Crippen molar-refractivity contribution in [3.8, 4) is 0 Å². The average molecular weight is 247 g/mol. The van der Waals surface area contributed by atoms with Crippen LogP contribution in [0.1, 0.15) is 24.8 Å². The average Bonchev–Trinajstić information content (AvgIpc) is 2.35. The molecule has 0 radical (unpaired) electrons. The van der Waals surface area contributed by atoms with Gasteiger partial charge >= 0.3 is 0 Å². The predicted molar refractivity (Wildman–Crippen MR) is 67.6 cm³/mol. The van der Waals surface area contributed by atoms with Crippen LogP contribution in [0.25, 0.3) is 0 Å². The minimum atomic E-state index is -1.31. The van der Waals surface area contributed by atoms with Crippen LogP contribution in [-0.4, -0.2) is 36.4 Å². The van der Waals surface area contributed by atoms with Crippen molar-refractivity contribution in [2.45, 2.75) is 30.5 Å². The molecule has 1 saturated carbocycles. The molecule has 4 nitrogen and oxygen atoms in total. The Morgan fingerprint density at radius 3 is 2.78 bits per heavy atom. The summed E-state index contributed by atoms with van der Waals surface area (Å²) in [7, 11) is 3.34. The highest BCUT2D eigenvalue weighted by Gasteiger charge is 2.68. The number of nitrogens with zero attached hydrogens (tertiary/aromatic N) is 1. The van der Waals surface area contributed by atoms with Crippen molar-refractivity contribution in [1.29, 1.82) is 0 Å². The van der Waals surface area contributed by atoms with Crippen LogP contribution in [-0.2, 0) is 9.53 Å². The Hall–Kier alpha value is -1.39. The molecule has 1 fully saturated rings. The summed E-state index contributed by atoms with van der Waals surface area (Å²) in [4.78, 5) is 13.8. The van der Waals surface area contributed by atoms with E-state index in [2.05, 4.69) is 0 Å². The molecule has 18 heavy (non-hydrogen) atoms. The molecular formula is C14H17NO3. The summed E-state index contributed by atoms with van der Waals surface area (Å²) >= 11 is 0. The molecule has 1 aromatic rings. The smallest absolute Gasteiger partial charge is 0.259 e. The third-order valence-corrected chi connectivity index (χ3v) is 4.46. The first-order valence-corrected chi connectivity index (χ1v) is 6.09. The lowest BCUT2D eigenvalue weighted by atomic mass is 9.54. The number of aliphatic hydroxyl groups is 1. The molecule has 3 rings (SSSR count). The summed E-state index contributed by atoms with van der Waals surface area (Å²) in [6, 6.07) is 7.69. The number of ether oxygens (including phenoxy) is 1. The predicted octanol–water partition coefficient (Wildman–Crippen LogP) is 1.29. The lowest BCUT2D eigenvalue weighted by Crippen LogP contribution is -2.71. The van der Waals surface area contributed by atoms with Crippen LogP contribution < -0.4 is 4.90 Å². The highest BCUT2D eigenvalue weighted by atomic mass is 16.5. The van der Waals surface area contributed by atoms with E-state index in [4.69, 9.17) is 4.74 Å². The maximum Gasteiger partial charge on any atom is 0.259 e. The zero-order valence-corrected chi connectivity index (χ0v) is 10.8. The van der Waals surface area contributed by atoms with E-state index >= 15 is 0 Å². The molecule has 2 aliphatic rings. The molecule has 1 amide bonds. The van der Waals surface area contributed by atoms with Crippen molar-refractivity contribution < 1.29 is 14.6 Å². The second-order valence-electron chi connectivity index (χ2n) is 5.47. The van der Waals surface area contributed by atoms with E-state index in [0.29, 0.717) is 6.42 Å². The van der Waals surface area contributed by atoms with Gasteiger partial charge in [0.1, 0.15) is 0 Å². The number of hydrogen-bond donors (Lipinski definition) is 1. The van der Waals surface area contributed by atoms with Crippen molar-refractivity contribution in [2.75, 3.05) is 19.1 Å². The number of rotatable bonds is 1. The molecule has 1 aliphatic heterocycles. The molecule has 0 unspecified atom stereocenters. The molecule has 0 bridgehead atoms. The minimum absolute atomic E-state index is 0.235. The SMILES string of the molecule is CO[C@]1(C)C[C@]2(O)C(=O)N(C)c3ccccc3[C@H]12. The van der Waals surface area contributed by atoms with Crippen LogP contribution in [0.2, 0.25) is 0 Å². The summed E-state index contributed by atoms with van der Waals surface area (Å²) < 4.78 is 5.52. The molecule has 4 heteroatoms. The first-order valence-electron chi connectivity index (χ1n) is 6.09. The van der Waals surface area contributed by atoms with E-state index < -0.39 is 11.2 Å². The Kier molecular flexibility index (Phi) is 2.17. The third kappa shape index (κ3) is 1.15. The lowest BCUT2D eigenvalue weighted by molar-refractivity contribution is -0.210. The summed E-state index contributed by atoms with van der Waals surface area (Å²) in [5, 5.41) is 10.6. The van der Waals surface area contributed by atoms with Crippen molar-refractivity contribution >= 4 is 11.6 Å². The van der Waals surface area contributed by atoms with Gasteiger partial charge in [0.25, 0.3) is 5.91 Å². The second-order valence-corrected chi connectivity index (χ2v) is 5.47. The van der Waals surface area contributed by atoms with E-state index in [0.717, 1.165) is 11.3 Å². The van der Waals surface area contributed by atoms with Crippen molar-refractivity contribution in [3.63, 3.8) is 0 Å². The van der Waals surface area contributed by atoms with E-state index in [1.165, 1.54) is 0 Å². The van der Waals surface area contributed by atoms with Gasteiger partial charge in [-0.1, -0.05) is 18.2 Å². The molecule has 3 atom stereocenters. The fourth-order valence-electron chi connectivity index (χ4n) is 3.53. The van der Waals surface area contributed by atoms with E-state index in [-0.39, 0.29) is 11.8 Å². The summed E-state index contributed by atoms with van der Waals surface area (Å²) in [6.45, 7) is 1.95. The fourth-order valence-corrected chi connectivity index (χ4v) is 3.53. The van der Waals surface area contributed by atoms with Gasteiger partial charge in [0.15, 0.2) is 5.60 Å². The Balaban J connectivity index is 2.20. The Morgan fingerprint density at radius 1 is 1.44 bits per heavy atom. The summed E-state index contributed by atoms with van der Waals surface area (Å²) in [5.41, 5.74) is 0.0631. The van der Waals surface area contributed by atoms with Crippen molar-refractivity contribution in [2.24, 2.45) is 0 Å². The maximum atomic E-state index is 12.3. The highest BCUT2D eigenvalue weighted by Crippen LogP contribution is 2.59. The van der Waals surface area contributed by atoms with Crippen LogP contribution in [0.4, 0.5) is 5.69 Å². The number of hydrogen-bond acceptors (Lipinski definition) is 3. The summed E-state index contributed by atoms with van der Waals surface area (Å²) in [5.74, 6) is -0.518. The monoisotopic (exact) mass is 247 g/mol. The number of likely N-dealkylation sites (N-methyl/N-ethyl adjacent to an activating group) is 1. The molecule has 1 N–H and O–H groups in total. The molecule has 0 saturated heterocycles. The Bertz CT molecular complexity index is 530.